The van der Waals surface area contributed by atoms with Crippen molar-refractivity contribution in [2.24, 2.45) is 0 Å². The number of nitrogens with zero attached hydrogens (tertiary/aromatic N) is 1. The lowest BCUT2D eigenvalue weighted by Gasteiger charge is -2.08. The second-order valence-electron chi connectivity index (χ2n) is 5.04. The fourth-order valence-electron chi connectivity index (χ4n) is 2.59. The third-order valence-corrected chi connectivity index (χ3v) is 3.65. The normalized spacial score (nSPS) is 12.3. The number of hydrogen-bond donors (Lipinski definition) is 0. The average Bonchev–Trinajstić information content (AvgIpc) is 2.93. The number of benzene rings is 1. The van der Waals surface area contributed by atoms with Crippen LogP contribution in [0.5, 0.6) is 17.2 Å². The molecule has 0 spiro atoms. The van der Waals surface area contributed by atoms with Crippen LogP contribution < -0.4 is 35.8 Å². The van der Waals surface area contributed by atoms with E-state index in [2.05, 4.69) is 30.0 Å². The van der Waals surface area contributed by atoms with Gasteiger partial charge < -0.3 is 31.2 Å². The highest BCUT2D eigenvalue weighted by molar-refractivity contribution is 5.92. The van der Waals surface area contributed by atoms with Crippen molar-refractivity contribution in [2.75, 3.05) is 13.9 Å². The minimum atomic E-state index is 0. The number of rotatable bonds is 5. The van der Waals surface area contributed by atoms with Gasteiger partial charge in [-0.3, -0.25) is 0 Å². The van der Waals surface area contributed by atoms with Gasteiger partial charge >= 0.3 is 0 Å². The van der Waals surface area contributed by atoms with Crippen LogP contribution in [0.15, 0.2) is 24.5 Å². The van der Waals surface area contributed by atoms with E-state index in [4.69, 9.17) is 14.2 Å². The molecule has 1 aliphatic heterocycles. The average molecular weight is 354 g/mol. The standard InChI is InChI=1S/C16H20NO3.BrH/c1-3-4-5-7-17-8-6-12-9-14-16(20-11-19-14)15(18-2)13(12)10-17;/h6,8-10H,3-5,7,11H2,1-2H3;1H/q+1;/p-1. The van der Waals surface area contributed by atoms with Gasteiger partial charge in [0.2, 0.25) is 12.5 Å². The molecule has 0 saturated heterocycles. The van der Waals surface area contributed by atoms with E-state index >= 15 is 0 Å². The topological polar surface area (TPSA) is 31.6 Å². The highest BCUT2D eigenvalue weighted by Gasteiger charge is 2.23. The number of ether oxygens (including phenoxy) is 3. The molecule has 0 amide bonds. The Kier molecular flexibility index (Phi) is 5.28. The summed E-state index contributed by atoms with van der Waals surface area (Å²) in [5, 5.41) is 2.17. The highest BCUT2D eigenvalue weighted by Crippen LogP contribution is 2.45. The fraction of sp³-hybridized carbons (Fsp3) is 0.438. The Morgan fingerprint density at radius 3 is 2.90 bits per heavy atom. The van der Waals surface area contributed by atoms with Crippen LogP contribution in [0, 0.1) is 0 Å². The molecule has 1 aliphatic rings. The molecule has 1 aromatic carbocycles. The second-order valence-corrected chi connectivity index (χ2v) is 5.04. The fourth-order valence-corrected chi connectivity index (χ4v) is 2.59. The summed E-state index contributed by atoms with van der Waals surface area (Å²) in [6.07, 6.45) is 7.92. The minimum Gasteiger partial charge on any atom is -1.00 e. The largest absolute Gasteiger partial charge is 1.00 e. The van der Waals surface area contributed by atoms with Gasteiger partial charge in [0.05, 0.1) is 12.5 Å². The van der Waals surface area contributed by atoms with E-state index in [9.17, 15) is 0 Å². The van der Waals surface area contributed by atoms with Crippen molar-refractivity contribution in [3.63, 3.8) is 0 Å². The van der Waals surface area contributed by atoms with Gasteiger partial charge in [0.25, 0.3) is 0 Å². The Morgan fingerprint density at radius 1 is 1.29 bits per heavy atom. The maximum absolute atomic E-state index is 5.53. The van der Waals surface area contributed by atoms with Gasteiger partial charge in [0, 0.05) is 17.9 Å². The zero-order chi connectivity index (χ0) is 13.9. The van der Waals surface area contributed by atoms with E-state index in [-0.39, 0.29) is 23.8 Å². The third kappa shape index (κ3) is 3.07. The van der Waals surface area contributed by atoms with Crippen LogP contribution in [0.3, 0.4) is 0 Å². The Labute approximate surface area is 135 Å². The maximum atomic E-state index is 5.53. The van der Waals surface area contributed by atoms with E-state index in [1.807, 2.05) is 6.07 Å². The molecule has 1 aromatic heterocycles. The molecule has 0 N–H and O–H groups in total. The molecular weight excluding hydrogens is 334 g/mol. The van der Waals surface area contributed by atoms with Gasteiger partial charge in [-0.25, -0.2) is 4.57 Å². The first-order valence-electron chi connectivity index (χ1n) is 7.13. The smallest absolute Gasteiger partial charge is 0.231 e. The zero-order valence-electron chi connectivity index (χ0n) is 12.4. The monoisotopic (exact) mass is 353 g/mol. The quantitative estimate of drug-likeness (QED) is 0.562. The third-order valence-electron chi connectivity index (χ3n) is 3.65. The van der Waals surface area contributed by atoms with Crippen molar-refractivity contribution < 1.29 is 35.8 Å². The van der Waals surface area contributed by atoms with Crippen LogP contribution in [0.4, 0.5) is 0 Å². The predicted octanol–water partition coefficient (Wildman–Crippen LogP) is 0.0588. The van der Waals surface area contributed by atoms with Crippen molar-refractivity contribution in [3.8, 4) is 17.2 Å². The van der Waals surface area contributed by atoms with Crippen LogP contribution in [0.25, 0.3) is 10.8 Å². The Morgan fingerprint density at radius 2 is 2.14 bits per heavy atom. The van der Waals surface area contributed by atoms with Crippen LogP contribution in [-0.2, 0) is 6.54 Å². The molecule has 0 fully saturated rings. The molecule has 0 atom stereocenters. The van der Waals surface area contributed by atoms with Gasteiger partial charge in [0.1, 0.15) is 6.54 Å². The van der Waals surface area contributed by atoms with Crippen LogP contribution >= 0.6 is 0 Å². The summed E-state index contributed by atoms with van der Waals surface area (Å²) in [6.45, 7) is 3.51. The molecular formula is C16H20BrNO3. The van der Waals surface area contributed by atoms with E-state index in [0.717, 1.165) is 28.8 Å². The lowest BCUT2D eigenvalue weighted by molar-refractivity contribution is -0.696. The Balaban J connectivity index is 0.00000161. The minimum absolute atomic E-state index is 0. The number of aryl methyl sites for hydroxylation is 1. The summed E-state index contributed by atoms with van der Waals surface area (Å²) in [4.78, 5) is 0. The predicted molar refractivity (Wildman–Crippen MR) is 76.3 cm³/mol. The number of aromatic nitrogens is 1. The number of hydrogen-bond acceptors (Lipinski definition) is 3. The molecule has 3 rings (SSSR count). The summed E-state index contributed by atoms with van der Waals surface area (Å²) >= 11 is 0. The number of halogens is 1. The lowest BCUT2D eigenvalue weighted by atomic mass is 10.1. The molecule has 4 nitrogen and oxygen atoms in total. The van der Waals surface area contributed by atoms with Gasteiger partial charge in [-0.1, -0.05) is 13.3 Å². The molecule has 0 saturated carbocycles. The molecule has 2 aromatic rings. The molecule has 2 heterocycles. The molecule has 0 radical (unpaired) electrons. The first-order valence-corrected chi connectivity index (χ1v) is 7.13. The van der Waals surface area contributed by atoms with E-state index in [1.165, 1.54) is 19.3 Å². The maximum Gasteiger partial charge on any atom is 0.231 e. The highest BCUT2D eigenvalue weighted by atomic mass is 79.9. The SMILES string of the molecule is CCCCC[n+]1ccc2cc3c(c(OC)c2c1)OCO3.[Br-]. The summed E-state index contributed by atoms with van der Waals surface area (Å²) in [7, 11) is 1.67. The van der Waals surface area contributed by atoms with Gasteiger partial charge in [0.15, 0.2) is 23.9 Å². The van der Waals surface area contributed by atoms with Crippen molar-refractivity contribution in [2.45, 2.75) is 32.7 Å². The molecule has 114 valence electrons. The molecule has 0 unspecified atom stereocenters. The summed E-state index contributed by atoms with van der Waals surface area (Å²) < 4.78 is 18.7. The number of fused-ring (bicyclic) bond motifs is 2. The van der Waals surface area contributed by atoms with Crippen LogP contribution in [0.2, 0.25) is 0 Å². The van der Waals surface area contributed by atoms with E-state index in [0.29, 0.717) is 5.75 Å². The van der Waals surface area contributed by atoms with Gasteiger partial charge in [-0.15, -0.1) is 0 Å². The molecule has 0 aliphatic carbocycles. The van der Waals surface area contributed by atoms with E-state index in [1.54, 1.807) is 7.11 Å². The Bertz CT molecular complexity index is 630. The lowest BCUT2D eigenvalue weighted by Crippen LogP contribution is -3.00. The summed E-state index contributed by atoms with van der Waals surface area (Å²) in [5.41, 5.74) is 0. The van der Waals surface area contributed by atoms with Crippen molar-refractivity contribution >= 4 is 10.8 Å². The van der Waals surface area contributed by atoms with Gasteiger partial charge in [-0.05, 0) is 12.5 Å². The van der Waals surface area contributed by atoms with Crippen LogP contribution in [-0.4, -0.2) is 13.9 Å². The molecule has 5 heteroatoms. The van der Waals surface area contributed by atoms with E-state index < -0.39 is 0 Å². The van der Waals surface area contributed by atoms with Gasteiger partial charge in [-0.2, -0.15) is 0 Å². The molecule has 0 bridgehead atoms. The van der Waals surface area contributed by atoms with Crippen LogP contribution in [0.1, 0.15) is 26.2 Å². The molecule has 21 heavy (non-hydrogen) atoms. The Hall–Kier alpha value is -1.49. The first kappa shape index (κ1) is 15.9. The number of pyridine rings is 1. The first-order chi connectivity index (χ1) is 9.83. The summed E-state index contributed by atoms with van der Waals surface area (Å²) in [6, 6.07) is 4.11. The van der Waals surface area contributed by atoms with Crippen molar-refractivity contribution in [1.29, 1.82) is 0 Å². The summed E-state index contributed by atoms with van der Waals surface area (Å²) in [5.74, 6) is 2.24. The van der Waals surface area contributed by atoms with Crippen molar-refractivity contribution in [3.05, 3.63) is 24.5 Å². The zero-order valence-corrected chi connectivity index (χ0v) is 14.0. The van der Waals surface area contributed by atoms with Crippen molar-refractivity contribution in [1.82, 2.24) is 0 Å². The number of methoxy groups -OCH3 is 1. The number of unbranched alkanes of at least 4 members (excludes halogenated alkanes) is 2. The second kappa shape index (κ2) is 6.98.